The molecule has 0 unspecified atom stereocenters. The molecule has 0 radical (unpaired) electrons. The Hall–Kier alpha value is -2.08. The van der Waals surface area contributed by atoms with Crippen molar-refractivity contribution in [3.63, 3.8) is 0 Å². The first-order valence-electron chi connectivity index (χ1n) is 8.67. The largest absolute Gasteiger partial charge is 0.543 e. The number of hydrogen-bond acceptors (Lipinski definition) is 6. The Labute approximate surface area is 149 Å². The molecule has 0 bridgehead atoms. The summed E-state index contributed by atoms with van der Waals surface area (Å²) in [5.41, 5.74) is 1.37. The van der Waals surface area contributed by atoms with Crippen molar-refractivity contribution in [1.82, 2.24) is 0 Å². The fraction of sp³-hybridized carbons (Fsp3) is 0.579. The average molecular weight is 352 g/mol. The molecular weight excluding hydrogens is 324 g/mol. The van der Waals surface area contributed by atoms with Crippen molar-refractivity contribution in [2.75, 3.05) is 6.61 Å². The third-order valence-electron chi connectivity index (χ3n) is 3.67. The molecule has 1 aromatic carbocycles. The zero-order chi connectivity index (χ0) is 18.7. The third-order valence-corrected chi connectivity index (χ3v) is 3.67. The van der Waals surface area contributed by atoms with Crippen LogP contribution in [0.25, 0.3) is 0 Å². The van der Waals surface area contributed by atoms with E-state index in [-0.39, 0.29) is 12.0 Å². The monoisotopic (exact) mass is 352 g/mol. The summed E-state index contributed by atoms with van der Waals surface area (Å²) in [4.78, 5) is 31.7. The molecule has 0 saturated heterocycles. The van der Waals surface area contributed by atoms with E-state index in [1.54, 1.807) is 12.1 Å². The Balaban J connectivity index is 2.22. The Kier molecular flexibility index (Phi) is 8.99. The molecule has 0 heterocycles. The summed E-state index contributed by atoms with van der Waals surface area (Å²) in [5, 5.41) is 4.18. The number of carbonyl (C=O) groups excluding carboxylic acids is 2. The lowest BCUT2D eigenvalue weighted by Gasteiger charge is -2.18. The zero-order valence-corrected chi connectivity index (χ0v) is 15.5. The molecule has 0 fully saturated rings. The van der Waals surface area contributed by atoms with Gasteiger partial charge in [0.2, 0.25) is 0 Å². The minimum Gasteiger partial charge on any atom is -0.432 e. The molecule has 0 aliphatic heterocycles. The van der Waals surface area contributed by atoms with E-state index in [1.165, 1.54) is 6.42 Å². The van der Waals surface area contributed by atoms with Crippen LogP contribution in [0, 0.1) is 0 Å². The van der Waals surface area contributed by atoms with Crippen molar-refractivity contribution < 1.29 is 29.1 Å². The first kappa shape index (κ1) is 21.0. The van der Waals surface area contributed by atoms with Crippen LogP contribution in [-0.2, 0) is 25.0 Å². The molecule has 0 atom stereocenters. The summed E-state index contributed by atoms with van der Waals surface area (Å²) in [6.45, 7) is 8.60. The first-order chi connectivity index (χ1) is 11.8. The Morgan fingerprint density at radius 2 is 1.56 bits per heavy atom. The van der Waals surface area contributed by atoms with Crippen molar-refractivity contribution in [2.45, 2.75) is 65.2 Å². The van der Waals surface area contributed by atoms with Crippen LogP contribution in [0.4, 0.5) is 4.79 Å². The van der Waals surface area contributed by atoms with Crippen LogP contribution in [0.2, 0.25) is 0 Å². The number of ether oxygens (including phenoxy) is 1. The van der Waals surface area contributed by atoms with Gasteiger partial charge in [-0.2, -0.15) is 0 Å². The second-order valence-electron chi connectivity index (χ2n) is 6.86. The van der Waals surface area contributed by atoms with Gasteiger partial charge in [-0.05, 0) is 29.5 Å². The lowest BCUT2D eigenvalue weighted by molar-refractivity contribution is -0.452. The summed E-state index contributed by atoms with van der Waals surface area (Å²) in [6.07, 6.45) is 4.14. The standard InChI is InChI=1S/C19H28O6/c1-5-6-7-8-9-14-22-18(21)24-25-23-17(20)15-10-12-16(13-11-15)19(2,3)4/h10-13H,5-9,14H2,1-4H3. The molecule has 0 aliphatic rings. The highest BCUT2D eigenvalue weighted by Crippen LogP contribution is 2.22. The van der Waals surface area contributed by atoms with Gasteiger partial charge in [0.15, 0.2) is 0 Å². The predicted octanol–water partition coefficient (Wildman–Crippen LogP) is 5.11. The van der Waals surface area contributed by atoms with Gasteiger partial charge >= 0.3 is 12.1 Å². The highest BCUT2D eigenvalue weighted by atomic mass is 17.5. The topological polar surface area (TPSA) is 71.1 Å². The lowest BCUT2D eigenvalue weighted by Crippen LogP contribution is -2.14. The van der Waals surface area contributed by atoms with E-state index in [0.717, 1.165) is 31.2 Å². The van der Waals surface area contributed by atoms with Crippen LogP contribution < -0.4 is 0 Å². The molecule has 6 nitrogen and oxygen atoms in total. The molecule has 0 aliphatic carbocycles. The normalized spacial score (nSPS) is 11.0. The van der Waals surface area contributed by atoms with Crippen LogP contribution >= 0.6 is 0 Å². The van der Waals surface area contributed by atoms with Gasteiger partial charge in [0, 0.05) is 0 Å². The van der Waals surface area contributed by atoms with Gasteiger partial charge in [0.05, 0.1) is 17.2 Å². The quantitative estimate of drug-likeness (QED) is 0.266. The van der Waals surface area contributed by atoms with Gasteiger partial charge in [-0.15, -0.1) is 0 Å². The number of hydrogen-bond donors (Lipinski definition) is 0. The average Bonchev–Trinajstić information content (AvgIpc) is 2.57. The van der Waals surface area contributed by atoms with Crippen molar-refractivity contribution in [3.8, 4) is 0 Å². The number of unbranched alkanes of at least 4 members (excludes halogenated alkanes) is 4. The van der Waals surface area contributed by atoms with E-state index >= 15 is 0 Å². The Morgan fingerprint density at radius 1 is 0.920 bits per heavy atom. The summed E-state index contributed by atoms with van der Waals surface area (Å²) < 4.78 is 4.79. The maximum absolute atomic E-state index is 11.8. The second-order valence-corrected chi connectivity index (χ2v) is 6.86. The van der Waals surface area contributed by atoms with Crippen LogP contribution in [0.3, 0.4) is 0 Å². The maximum atomic E-state index is 11.8. The van der Waals surface area contributed by atoms with E-state index in [9.17, 15) is 9.59 Å². The lowest BCUT2D eigenvalue weighted by atomic mass is 9.87. The second kappa shape index (κ2) is 10.7. The first-order valence-corrected chi connectivity index (χ1v) is 8.67. The highest BCUT2D eigenvalue weighted by molar-refractivity contribution is 5.88. The predicted molar refractivity (Wildman–Crippen MR) is 92.8 cm³/mol. The zero-order valence-electron chi connectivity index (χ0n) is 15.5. The molecular formula is C19H28O6. The van der Waals surface area contributed by atoms with Gasteiger partial charge in [-0.3, -0.25) is 4.89 Å². The molecule has 0 spiro atoms. The van der Waals surface area contributed by atoms with Crippen molar-refractivity contribution >= 4 is 12.1 Å². The fourth-order valence-corrected chi connectivity index (χ4v) is 2.12. The third kappa shape index (κ3) is 8.54. The smallest absolute Gasteiger partial charge is 0.432 e. The fourth-order valence-electron chi connectivity index (χ4n) is 2.12. The molecule has 0 amide bonds. The van der Waals surface area contributed by atoms with Crippen LogP contribution in [0.1, 0.15) is 75.7 Å². The van der Waals surface area contributed by atoms with Crippen LogP contribution in [0.15, 0.2) is 24.3 Å². The van der Waals surface area contributed by atoms with Crippen molar-refractivity contribution in [3.05, 3.63) is 35.4 Å². The summed E-state index contributed by atoms with van der Waals surface area (Å²) in [5.74, 6) is -0.757. The molecule has 1 rings (SSSR count). The van der Waals surface area contributed by atoms with Gasteiger partial charge < -0.3 is 4.74 Å². The van der Waals surface area contributed by atoms with Gasteiger partial charge in [-0.25, -0.2) is 14.5 Å². The maximum Gasteiger partial charge on any atom is 0.543 e. The van der Waals surface area contributed by atoms with Crippen LogP contribution in [0.5, 0.6) is 0 Å². The number of carbonyl (C=O) groups is 2. The van der Waals surface area contributed by atoms with E-state index in [4.69, 9.17) is 4.74 Å². The highest BCUT2D eigenvalue weighted by Gasteiger charge is 2.16. The Bertz CT molecular complexity index is 530. The summed E-state index contributed by atoms with van der Waals surface area (Å²) in [6, 6.07) is 6.93. The minimum absolute atomic E-state index is 0.0116. The summed E-state index contributed by atoms with van der Waals surface area (Å²) >= 11 is 0. The molecule has 0 aromatic heterocycles. The van der Waals surface area contributed by atoms with Gasteiger partial charge in [0.25, 0.3) is 0 Å². The van der Waals surface area contributed by atoms with Gasteiger partial charge in [0.1, 0.15) is 0 Å². The molecule has 6 heteroatoms. The van der Waals surface area contributed by atoms with Crippen molar-refractivity contribution in [1.29, 1.82) is 0 Å². The van der Waals surface area contributed by atoms with E-state index in [1.807, 2.05) is 12.1 Å². The summed E-state index contributed by atoms with van der Waals surface area (Å²) in [7, 11) is 0. The van der Waals surface area contributed by atoms with Crippen molar-refractivity contribution in [2.24, 2.45) is 0 Å². The van der Waals surface area contributed by atoms with Crippen LogP contribution in [-0.4, -0.2) is 18.7 Å². The Morgan fingerprint density at radius 3 is 2.16 bits per heavy atom. The van der Waals surface area contributed by atoms with E-state index in [0.29, 0.717) is 5.56 Å². The van der Waals surface area contributed by atoms with Gasteiger partial charge in [-0.1, -0.05) is 65.5 Å². The molecule has 0 N–H and O–H groups in total. The molecule has 25 heavy (non-hydrogen) atoms. The minimum atomic E-state index is -1.04. The SMILES string of the molecule is CCCCCCCOC(=O)OOOC(=O)c1ccc(C(C)(C)C)cc1. The molecule has 140 valence electrons. The van der Waals surface area contributed by atoms with E-state index in [2.05, 4.69) is 42.5 Å². The number of rotatable bonds is 9. The number of benzene rings is 1. The molecule has 1 aromatic rings. The van der Waals surface area contributed by atoms with E-state index < -0.39 is 12.1 Å². The molecule has 0 saturated carbocycles.